The van der Waals surface area contributed by atoms with Crippen molar-refractivity contribution in [2.24, 2.45) is 29.1 Å². The van der Waals surface area contributed by atoms with Gasteiger partial charge in [-0.05, 0) is 56.1 Å². The highest BCUT2D eigenvalue weighted by Crippen LogP contribution is 2.37. The number of allylic oxidation sites excluding steroid dienone is 1. The number of carbonyl (C=O) groups is 2. The van der Waals surface area contributed by atoms with Crippen LogP contribution in [0.5, 0.6) is 0 Å². The second kappa shape index (κ2) is 12.1. The molecule has 0 saturated heterocycles. The van der Waals surface area contributed by atoms with Crippen LogP contribution in [0.25, 0.3) is 6.08 Å². The van der Waals surface area contributed by atoms with Crippen molar-refractivity contribution < 1.29 is 14.3 Å². The van der Waals surface area contributed by atoms with Crippen LogP contribution < -0.4 is 0 Å². The van der Waals surface area contributed by atoms with E-state index in [1.807, 2.05) is 46.1 Å². The number of aromatic nitrogens is 1. The lowest BCUT2D eigenvalue weighted by molar-refractivity contribution is -0.150. The lowest BCUT2D eigenvalue weighted by atomic mass is 9.67. The van der Waals surface area contributed by atoms with E-state index in [-0.39, 0.29) is 36.1 Å². The van der Waals surface area contributed by atoms with Gasteiger partial charge in [0, 0.05) is 29.6 Å². The van der Waals surface area contributed by atoms with Gasteiger partial charge in [0.05, 0.1) is 10.7 Å². The summed E-state index contributed by atoms with van der Waals surface area (Å²) in [6.07, 6.45) is 10.1. The first-order valence-electron chi connectivity index (χ1n) is 12.4. The van der Waals surface area contributed by atoms with E-state index in [0.29, 0.717) is 18.3 Å². The molecule has 1 aliphatic heterocycles. The largest absolute Gasteiger partial charge is 0.457 e. The zero-order chi connectivity index (χ0) is 24.8. The SMILES string of the molecule is C/C(=C\c1csc(C)n1)[C@@H]1C/C=C\CCCC(C)[C@H](C)[C@@H](C)C(=O)C(C)(C)[C@@H](C)CC(=O)O1. The van der Waals surface area contributed by atoms with E-state index in [9.17, 15) is 9.59 Å². The number of nitrogens with zero attached hydrogens (tertiary/aromatic N) is 1. The van der Waals surface area contributed by atoms with Crippen LogP contribution in [0.3, 0.4) is 0 Å². The first-order valence-corrected chi connectivity index (χ1v) is 13.3. The molecule has 1 unspecified atom stereocenters. The van der Waals surface area contributed by atoms with Gasteiger partial charge in [-0.3, -0.25) is 9.59 Å². The highest BCUT2D eigenvalue weighted by Gasteiger charge is 2.40. The summed E-state index contributed by atoms with van der Waals surface area (Å²) in [4.78, 5) is 30.9. The van der Waals surface area contributed by atoms with Crippen molar-refractivity contribution in [2.75, 3.05) is 0 Å². The molecule has 1 aliphatic rings. The van der Waals surface area contributed by atoms with E-state index in [2.05, 4.69) is 37.9 Å². The molecule has 2 heterocycles. The summed E-state index contributed by atoms with van der Waals surface area (Å²) in [6, 6.07) is 0. The molecule has 0 bridgehead atoms. The number of carbonyl (C=O) groups excluding carboxylic acids is 2. The molecule has 0 fully saturated rings. The van der Waals surface area contributed by atoms with Gasteiger partial charge < -0.3 is 4.74 Å². The van der Waals surface area contributed by atoms with Gasteiger partial charge in [0.25, 0.3) is 0 Å². The number of rotatable bonds is 2. The monoisotopic (exact) mass is 473 g/mol. The molecule has 5 heteroatoms. The van der Waals surface area contributed by atoms with E-state index in [1.165, 1.54) is 0 Å². The second-order valence-electron chi connectivity index (χ2n) is 10.6. The molecule has 1 aromatic heterocycles. The van der Waals surface area contributed by atoms with E-state index in [0.717, 1.165) is 35.5 Å². The third-order valence-electron chi connectivity index (χ3n) is 7.78. The fourth-order valence-corrected chi connectivity index (χ4v) is 5.10. The van der Waals surface area contributed by atoms with Gasteiger partial charge in [0.1, 0.15) is 11.9 Å². The predicted octanol–water partition coefficient (Wildman–Crippen LogP) is 7.43. The van der Waals surface area contributed by atoms with Crippen LogP contribution in [-0.2, 0) is 14.3 Å². The quantitative estimate of drug-likeness (QED) is 0.331. The Hall–Kier alpha value is -1.75. The number of hydrogen-bond acceptors (Lipinski definition) is 5. The van der Waals surface area contributed by atoms with Crippen molar-refractivity contribution in [3.63, 3.8) is 0 Å². The summed E-state index contributed by atoms with van der Waals surface area (Å²) in [7, 11) is 0. The number of Topliss-reactive ketones (excluding diaryl/α,β-unsaturated/α-hetero) is 1. The summed E-state index contributed by atoms with van der Waals surface area (Å²) >= 11 is 1.61. The number of esters is 1. The van der Waals surface area contributed by atoms with Crippen molar-refractivity contribution in [3.05, 3.63) is 33.8 Å². The molecule has 0 aliphatic carbocycles. The molecular weight excluding hydrogens is 430 g/mol. The Morgan fingerprint density at radius 2 is 1.88 bits per heavy atom. The third-order valence-corrected chi connectivity index (χ3v) is 8.57. The molecule has 184 valence electrons. The van der Waals surface area contributed by atoms with Crippen LogP contribution in [0.15, 0.2) is 23.1 Å². The maximum atomic E-state index is 13.4. The van der Waals surface area contributed by atoms with Crippen LogP contribution in [-0.4, -0.2) is 22.8 Å². The minimum absolute atomic E-state index is 0.0311. The smallest absolute Gasteiger partial charge is 0.306 e. The molecule has 33 heavy (non-hydrogen) atoms. The minimum Gasteiger partial charge on any atom is -0.457 e. The number of cyclic esters (lactones) is 1. The Labute approximate surface area is 204 Å². The predicted molar refractivity (Wildman–Crippen MR) is 138 cm³/mol. The third kappa shape index (κ3) is 7.63. The molecule has 5 atom stereocenters. The standard InChI is InChI=1S/C28H43NO3S/c1-18-13-11-9-10-12-14-25(19(2)15-24-17-33-23(6)29-24)32-26(30)16-20(3)28(7,8)27(31)22(5)21(18)4/h10,12,15,17-18,20-22,25H,9,11,13-14,16H2,1-8H3/b12-10-,19-15+/t18?,20-,21-,22+,25-/m0/s1. The Morgan fingerprint density at radius 3 is 2.52 bits per heavy atom. The van der Waals surface area contributed by atoms with Crippen LogP contribution in [0.2, 0.25) is 0 Å². The van der Waals surface area contributed by atoms with Gasteiger partial charge in [0.2, 0.25) is 0 Å². The molecule has 0 aromatic carbocycles. The molecule has 4 nitrogen and oxygen atoms in total. The van der Waals surface area contributed by atoms with Crippen molar-refractivity contribution >= 4 is 29.2 Å². The lowest BCUT2D eigenvalue weighted by Gasteiger charge is -2.36. The van der Waals surface area contributed by atoms with E-state index < -0.39 is 5.41 Å². The number of thiazole rings is 1. The summed E-state index contributed by atoms with van der Waals surface area (Å²) in [5, 5.41) is 3.04. The van der Waals surface area contributed by atoms with Gasteiger partial charge in [-0.1, -0.05) is 60.1 Å². The van der Waals surface area contributed by atoms with Crippen molar-refractivity contribution in [1.82, 2.24) is 4.98 Å². The molecule has 2 rings (SSSR count). The number of hydrogen-bond donors (Lipinski definition) is 0. The van der Waals surface area contributed by atoms with Crippen LogP contribution in [0, 0.1) is 36.0 Å². The average Bonchev–Trinajstić information content (AvgIpc) is 3.16. The van der Waals surface area contributed by atoms with E-state index in [4.69, 9.17) is 4.74 Å². The molecule has 0 radical (unpaired) electrons. The first-order chi connectivity index (χ1) is 15.4. The normalized spacial score (nSPS) is 31.8. The van der Waals surface area contributed by atoms with Gasteiger partial charge in [0.15, 0.2) is 0 Å². The van der Waals surface area contributed by atoms with Crippen molar-refractivity contribution in [2.45, 2.75) is 93.6 Å². The molecule has 0 saturated carbocycles. The van der Waals surface area contributed by atoms with Crippen molar-refractivity contribution in [1.29, 1.82) is 0 Å². The molecule has 0 N–H and O–H groups in total. The Kier molecular flexibility index (Phi) is 10.1. The van der Waals surface area contributed by atoms with Crippen LogP contribution in [0.1, 0.15) is 91.3 Å². The minimum atomic E-state index is -0.581. The van der Waals surface area contributed by atoms with E-state index in [1.54, 1.807) is 11.3 Å². The molecule has 0 amide bonds. The van der Waals surface area contributed by atoms with Gasteiger partial charge >= 0.3 is 5.97 Å². The number of aryl methyl sites for hydroxylation is 1. The average molecular weight is 474 g/mol. The maximum Gasteiger partial charge on any atom is 0.306 e. The van der Waals surface area contributed by atoms with Gasteiger partial charge in [-0.25, -0.2) is 4.98 Å². The van der Waals surface area contributed by atoms with Gasteiger partial charge in [-0.15, -0.1) is 11.3 Å². The van der Waals surface area contributed by atoms with Gasteiger partial charge in [-0.2, -0.15) is 0 Å². The van der Waals surface area contributed by atoms with Crippen LogP contribution in [0.4, 0.5) is 0 Å². The number of ketones is 1. The number of ether oxygens (including phenoxy) is 1. The summed E-state index contributed by atoms with van der Waals surface area (Å²) < 4.78 is 5.96. The molecular formula is C28H43NO3S. The fourth-order valence-electron chi connectivity index (χ4n) is 4.53. The Morgan fingerprint density at radius 1 is 1.18 bits per heavy atom. The summed E-state index contributed by atoms with van der Waals surface area (Å²) in [6.45, 7) is 16.5. The van der Waals surface area contributed by atoms with Crippen molar-refractivity contribution in [3.8, 4) is 0 Å². The molecule has 0 spiro atoms. The second-order valence-corrected chi connectivity index (χ2v) is 11.7. The maximum absolute atomic E-state index is 13.4. The highest BCUT2D eigenvalue weighted by atomic mass is 32.1. The van der Waals surface area contributed by atoms with E-state index >= 15 is 0 Å². The first kappa shape index (κ1) is 27.5. The molecule has 1 aromatic rings. The highest BCUT2D eigenvalue weighted by molar-refractivity contribution is 7.09. The Balaban J connectivity index is 2.27. The topological polar surface area (TPSA) is 56.3 Å². The summed E-state index contributed by atoms with van der Waals surface area (Å²) in [5.74, 6) is 0.680. The Bertz CT molecular complexity index is 866. The lowest BCUT2D eigenvalue weighted by Crippen LogP contribution is -2.40. The zero-order valence-corrected chi connectivity index (χ0v) is 22.6. The summed E-state index contributed by atoms with van der Waals surface area (Å²) in [5.41, 5.74) is 1.31. The van der Waals surface area contributed by atoms with Crippen LogP contribution >= 0.6 is 11.3 Å². The fraction of sp³-hybridized carbons (Fsp3) is 0.679. The zero-order valence-electron chi connectivity index (χ0n) is 21.8.